The van der Waals surface area contributed by atoms with Crippen molar-refractivity contribution in [2.75, 3.05) is 0 Å². The number of aromatic nitrogens is 2. The molecule has 0 atom stereocenters. The van der Waals surface area contributed by atoms with Crippen LogP contribution in [-0.2, 0) is 0 Å². The number of nitrogens with one attached hydrogen (secondary N) is 1. The van der Waals surface area contributed by atoms with Crippen molar-refractivity contribution in [1.82, 2.24) is 14.9 Å². The van der Waals surface area contributed by atoms with Crippen molar-refractivity contribution in [1.29, 1.82) is 0 Å². The van der Waals surface area contributed by atoms with Gasteiger partial charge in [0.2, 0.25) is 0 Å². The minimum atomic E-state index is -0.645. The number of terminal acetylenes is 1. The first-order chi connectivity index (χ1) is 6.46. The summed E-state index contributed by atoms with van der Waals surface area (Å²) in [5.41, 5.74) is -0.0200. The summed E-state index contributed by atoms with van der Waals surface area (Å²) in [6.45, 7) is 5.25. The van der Waals surface area contributed by atoms with Crippen LogP contribution in [0.15, 0.2) is 0 Å². The molecular weight excluding hydrogens is 198 g/mol. The number of hydrogen-bond donors (Lipinski definition) is 1. The summed E-state index contributed by atoms with van der Waals surface area (Å²) in [7, 11) is 0. The van der Waals surface area contributed by atoms with Crippen molar-refractivity contribution >= 4 is 17.4 Å². The number of carbonyl (C=O) groups excluding carboxylic acids is 1. The third-order valence-corrected chi connectivity index (χ3v) is 2.47. The molecule has 0 aromatic carbocycles. The molecule has 0 saturated carbocycles. The Kier molecular flexibility index (Phi) is 2.87. The quantitative estimate of drug-likeness (QED) is 0.739. The summed E-state index contributed by atoms with van der Waals surface area (Å²) < 4.78 is 3.68. The Hall–Kier alpha value is -1.41. The molecule has 1 amide bonds. The second-order valence-corrected chi connectivity index (χ2v) is 4.17. The smallest absolute Gasteiger partial charge is 0.266 e. The van der Waals surface area contributed by atoms with E-state index in [-0.39, 0.29) is 5.91 Å². The van der Waals surface area contributed by atoms with E-state index < -0.39 is 5.54 Å². The van der Waals surface area contributed by atoms with Gasteiger partial charge in [0.1, 0.15) is 4.88 Å². The maximum absolute atomic E-state index is 11.6. The molecule has 0 aliphatic rings. The van der Waals surface area contributed by atoms with Gasteiger partial charge in [-0.1, -0.05) is 10.4 Å². The number of aryl methyl sites for hydroxylation is 1. The van der Waals surface area contributed by atoms with Crippen molar-refractivity contribution in [3.05, 3.63) is 10.6 Å². The van der Waals surface area contributed by atoms with Crippen LogP contribution in [0, 0.1) is 19.3 Å². The molecule has 5 heteroatoms. The highest BCUT2D eigenvalue weighted by molar-refractivity contribution is 7.08. The first kappa shape index (κ1) is 10.7. The third-order valence-electron chi connectivity index (χ3n) is 1.64. The second-order valence-electron chi connectivity index (χ2n) is 3.41. The van der Waals surface area contributed by atoms with Crippen LogP contribution in [0.4, 0.5) is 0 Å². The zero-order valence-electron chi connectivity index (χ0n) is 8.29. The lowest BCUT2D eigenvalue weighted by molar-refractivity contribution is 0.0933. The molecule has 0 saturated heterocycles. The van der Waals surface area contributed by atoms with E-state index >= 15 is 0 Å². The van der Waals surface area contributed by atoms with E-state index in [4.69, 9.17) is 6.42 Å². The van der Waals surface area contributed by atoms with Gasteiger partial charge in [-0.2, -0.15) is 0 Å². The molecule has 0 fully saturated rings. The molecule has 1 aromatic rings. The topological polar surface area (TPSA) is 54.9 Å². The van der Waals surface area contributed by atoms with Crippen LogP contribution in [0.5, 0.6) is 0 Å². The molecule has 0 aliphatic heterocycles. The van der Waals surface area contributed by atoms with Gasteiger partial charge in [-0.3, -0.25) is 4.79 Å². The lowest BCUT2D eigenvalue weighted by Crippen LogP contribution is -2.42. The van der Waals surface area contributed by atoms with Crippen LogP contribution in [0.1, 0.15) is 29.2 Å². The summed E-state index contributed by atoms with van der Waals surface area (Å²) >= 11 is 1.07. The number of rotatable bonds is 2. The zero-order chi connectivity index (χ0) is 10.8. The first-order valence-electron chi connectivity index (χ1n) is 4.05. The van der Waals surface area contributed by atoms with Gasteiger partial charge in [-0.05, 0) is 32.3 Å². The minimum Gasteiger partial charge on any atom is -0.335 e. The summed E-state index contributed by atoms with van der Waals surface area (Å²) in [6.07, 6.45) is 5.25. The SMILES string of the molecule is C#CC(C)(C)NC(=O)c1snnc1C. The van der Waals surface area contributed by atoms with Crippen molar-refractivity contribution in [3.8, 4) is 12.3 Å². The standard InChI is InChI=1S/C9H11N3OS/c1-5-9(3,4)10-8(13)7-6(2)11-12-14-7/h1H,2-4H3,(H,10,13). The molecule has 0 bridgehead atoms. The van der Waals surface area contributed by atoms with Gasteiger partial charge in [0.05, 0.1) is 11.2 Å². The molecule has 0 spiro atoms. The summed E-state index contributed by atoms with van der Waals surface area (Å²) in [6, 6.07) is 0. The van der Waals surface area contributed by atoms with Gasteiger partial charge < -0.3 is 5.32 Å². The van der Waals surface area contributed by atoms with Gasteiger partial charge in [-0.25, -0.2) is 0 Å². The van der Waals surface area contributed by atoms with E-state index in [1.165, 1.54) is 0 Å². The highest BCUT2D eigenvalue weighted by Crippen LogP contribution is 2.10. The molecule has 4 nitrogen and oxygen atoms in total. The molecular formula is C9H11N3OS. The van der Waals surface area contributed by atoms with Gasteiger partial charge in [0.15, 0.2) is 0 Å². The summed E-state index contributed by atoms with van der Waals surface area (Å²) in [4.78, 5) is 12.1. The second kappa shape index (κ2) is 3.76. The fraction of sp³-hybridized carbons (Fsp3) is 0.444. The number of amides is 1. The maximum Gasteiger partial charge on any atom is 0.266 e. The van der Waals surface area contributed by atoms with Gasteiger partial charge >= 0.3 is 0 Å². The van der Waals surface area contributed by atoms with E-state index in [2.05, 4.69) is 20.8 Å². The first-order valence-corrected chi connectivity index (χ1v) is 4.83. The molecule has 74 valence electrons. The third kappa shape index (κ3) is 2.30. The van der Waals surface area contributed by atoms with Crippen LogP contribution in [0.3, 0.4) is 0 Å². The van der Waals surface area contributed by atoms with E-state index in [1.54, 1.807) is 20.8 Å². The number of carbonyl (C=O) groups is 1. The van der Waals surface area contributed by atoms with Gasteiger partial charge in [-0.15, -0.1) is 11.5 Å². The Morgan fingerprint density at radius 1 is 1.64 bits per heavy atom. The Morgan fingerprint density at radius 2 is 2.29 bits per heavy atom. The predicted molar refractivity (Wildman–Crippen MR) is 55.0 cm³/mol. The van der Waals surface area contributed by atoms with Crippen molar-refractivity contribution in [3.63, 3.8) is 0 Å². The van der Waals surface area contributed by atoms with E-state index in [9.17, 15) is 4.79 Å². The molecule has 0 aliphatic carbocycles. The van der Waals surface area contributed by atoms with E-state index in [0.717, 1.165) is 11.5 Å². The maximum atomic E-state index is 11.6. The van der Waals surface area contributed by atoms with Crippen LogP contribution in [0.25, 0.3) is 0 Å². The number of hydrogen-bond acceptors (Lipinski definition) is 4. The van der Waals surface area contributed by atoms with Gasteiger partial charge in [0.25, 0.3) is 5.91 Å². The van der Waals surface area contributed by atoms with Crippen molar-refractivity contribution < 1.29 is 4.79 Å². The summed E-state index contributed by atoms with van der Waals surface area (Å²) in [5.74, 6) is 2.26. The van der Waals surface area contributed by atoms with Crippen LogP contribution < -0.4 is 5.32 Å². The Balaban J connectivity index is 2.80. The normalized spacial score (nSPS) is 10.7. The monoisotopic (exact) mass is 209 g/mol. The largest absolute Gasteiger partial charge is 0.335 e. The van der Waals surface area contributed by atoms with E-state index in [0.29, 0.717) is 10.6 Å². The number of nitrogens with zero attached hydrogens (tertiary/aromatic N) is 2. The molecule has 1 aromatic heterocycles. The average molecular weight is 209 g/mol. The fourth-order valence-electron chi connectivity index (χ4n) is 0.816. The Morgan fingerprint density at radius 3 is 2.71 bits per heavy atom. The molecule has 0 unspecified atom stereocenters. The lowest BCUT2D eigenvalue weighted by Gasteiger charge is -2.18. The van der Waals surface area contributed by atoms with Crippen LogP contribution >= 0.6 is 11.5 Å². The highest BCUT2D eigenvalue weighted by Gasteiger charge is 2.21. The zero-order valence-corrected chi connectivity index (χ0v) is 9.10. The average Bonchev–Trinajstić information content (AvgIpc) is 2.51. The van der Waals surface area contributed by atoms with Crippen molar-refractivity contribution in [2.45, 2.75) is 26.3 Å². The minimum absolute atomic E-state index is 0.222. The lowest BCUT2D eigenvalue weighted by atomic mass is 10.1. The molecule has 1 rings (SSSR count). The molecule has 1 heterocycles. The molecule has 0 radical (unpaired) electrons. The van der Waals surface area contributed by atoms with E-state index in [1.807, 2.05) is 0 Å². The predicted octanol–water partition coefficient (Wildman–Crippen LogP) is 0.988. The van der Waals surface area contributed by atoms with Gasteiger partial charge in [0, 0.05) is 0 Å². The van der Waals surface area contributed by atoms with Crippen molar-refractivity contribution in [2.24, 2.45) is 0 Å². The molecule has 1 N–H and O–H groups in total. The highest BCUT2D eigenvalue weighted by atomic mass is 32.1. The summed E-state index contributed by atoms with van der Waals surface area (Å²) in [5, 5.41) is 6.45. The fourth-order valence-corrected chi connectivity index (χ4v) is 1.37. The van der Waals surface area contributed by atoms with Crippen LogP contribution in [0.2, 0.25) is 0 Å². The Bertz CT molecular complexity index is 389. The molecule has 14 heavy (non-hydrogen) atoms. The van der Waals surface area contributed by atoms with Crippen LogP contribution in [-0.4, -0.2) is 21.0 Å². The Labute approximate surface area is 86.9 Å².